The van der Waals surface area contributed by atoms with Crippen molar-refractivity contribution in [1.29, 1.82) is 0 Å². The minimum absolute atomic E-state index is 0.154. The van der Waals surface area contributed by atoms with Crippen molar-refractivity contribution in [3.05, 3.63) is 108 Å². The summed E-state index contributed by atoms with van der Waals surface area (Å²) in [6.45, 7) is 6.29. The minimum Gasteiger partial charge on any atom is -0.436 e. The van der Waals surface area contributed by atoms with Gasteiger partial charge in [0.1, 0.15) is 5.52 Å². The summed E-state index contributed by atoms with van der Waals surface area (Å²) in [5, 5.41) is 3.05. The molecule has 1 heterocycles. The summed E-state index contributed by atoms with van der Waals surface area (Å²) in [4.78, 5) is 17.6. The molecule has 0 radical (unpaired) electrons. The van der Waals surface area contributed by atoms with Crippen LogP contribution in [0.5, 0.6) is 0 Å². The number of anilines is 1. The van der Waals surface area contributed by atoms with Crippen molar-refractivity contribution in [2.24, 2.45) is 0 Å². The molecular formula is C30H26N2O2. The first-order valence-corrected chi connectivity index (χ1v) is 11.5. The third-order valence-electron chi connectivity index (χ3n) is 6.07. The third kappa shape index (κ3) is 4.35. The van der Waals surface area contributed by atoms with Gasteiger partial charge in [-0.05, 0) is 71.5 Å². The first-order valence-electron chi connectivity index (χ1n) is 11.5. The number of oxazole rings is 1. The van der Waals surface area contributed by atoms with Crippen molar-refractivity contribution >= 4 is 22.7 Å². The van der Waals surface area contributed by atoms with E-state index in [9.17, 15) is 4.79 Å². The quantitative estimate of drug-likeness (QED) is 0.299. The topological polar surface area (TPSA) is 55.1 Å². The van der Waals surface area contributed by atoms with E-state index in [2.05, 4.69) is 43.4 Å². The average molecular weight is 447 g/mol. The van der Waals surface area contributed by atoms with Gasteiger partial charge in [0.25, 0.3) is 5.91 Å². The molecule has 0 spiro atoms. The van der Waals surface area contributed by atoms with Gasteiger partial charge in [-0.15, -0.1) is 0 Å². The third-order valence-corrected chi connectivity index (χ3v) is 6.07. The normalized spacial score (nSPS) is 11.2. The Morgan fingerprint density at radius 1 is 0.824 bits per heavy atom. The maximum atomic E-state index is 13.0. The first-order chi connectivity index (χ1) is 16.5. The molecule has 0 aliphatic rings. The molecule has 0 fully saturated rings. The zero-order valence-electron chi connectivity index (χ0n) is 19.5. The van der Waals surface area contributed by atoms with Crippen molar-refractivity contribution in [2.45, 2.75) is 26.7 Å². The van der Waals surface area contributed by atoms with E-state index in [1.165, 1.54) is 5.56 Å². The Morgan fingerprint density at radius 3 is 2.26 bits per heavy atom. The van der Waals surface area contributed by atoms with Crippen LogP contribution in [0.25, 0.3) is 33.7 Å². The van der Waals surface area contributed by atoms with Crippen molar-refractivity contribution in [3.63, 3.8) is 0 Å². The maximum absolute atomic E-state index is 13.0. The number of nitrogens with zero attached hydrogens (tertiary/aromatic N) is 1. The number of aromatic nitrogens is 1. The largest absolute Gasteiger partial charge is 0.436 e. The fourth-order valence-corrected chi connectivity index (χ4v) is 3.96. The molecule has 0 atom stereocenters. The first kappa shape index (κ1) is 21.7. The van der Waals surface area contributed by atoms with Crippen LogP contribution >= 0.6 is 0 Å². The SMILES string of the molecule is Cc1ccc(-c2nc3cc(C(C)C)ccc3o2)cc1NC(=O)c1ccc(-c2ccccc2)cc1. The molecule has 1 amide bonds. The van der Waals surface area contributed by atoms with Gasteiger partial charge in [0.2, 0.25) is 5.89 Å². The summed E-state index contributed by atoms with van der Waals surface area (Å²) in [5.74, 6) is 0.810. The Morgan fingerprint density at radius 2 is 1.53 bits per heavy atom. The summed E-state index contributed by atoms with van der Waals surface area (Å²) in [6, 6.07) is 29.7. The number of hydrogen-bond donors (Lipinski definition) is 1. The average Bonchev–Trinajstić information content (AvgIpc) is 3.29. The lowest BCUT2D eigenvalue weighted by Crippen LogP contribution is -2.12. The molecule has 4 aromatic carbocycles. The van der Waals surface area contributed by atoms with E-state index in [0.29, 0.717) is 17.4 Å². The molecule has 0 unspecified atom stereocenters. The maximum Gasteiger partial charge on any atom is 0.255 e. The van der Waals surface area contributed by atoms with Crippen molar-refractivity contribution < 1.29 is 9.21 Å². The Balaban J connectivity index is 1.39. The number of amides is 1. The fraction of sp³-hybridized carbons (Fsp3) is 0.133. The number of benzene rings is 4. The lowest BCUT2D eigenvalue weighted by Gasteiger charge is -2.10. The van der Waals surface area contributed by atoms with E-state index < -0.39 is 0 Å². The highest BCUT2D eigenvalue weighted by atomic mass is 16.3. The summed E-state index contributed by atoms with van der Waals surface area (Å²) in [6.07, 6.45) is 0. The van der Waals surface area contributed by atoms with Crippen LogP contribution in [0, 0.1) is 6.92 Å². The van der Waals surface area contributed by atoms with Crippen molar-refractivity contribution in [3.8, 4) is 22.6 Å². The molecule has 4 nitrogen and oxygen atoms in total. The second-order valence-corrected chi connectivity index (χ2v) is 8.83. The molecule has 168 valence electrons. The zero-order valence-corrected chi connectivity index (χ0v) is 19.5. The van der Waals surface area contributed by atoms with Gasteiger partial charge in [0.05, 0.1) is 0 Å². The number of hydrogen-bond acceptors (Lipinski definition) is 3. The Bertz CT molecular complexity index is 1470. The van der Waals surface area contributed by atoms with E-state index in [1.807, 2.05) is 73.7 Å². The number of aryl methyl sites for hydroxylation is 1. The lowest BCUT2D eigenvalue weighted by atomic mass is 10.0. The molecule has 1 aromatic heterocycles. The molecule has 1 N–H and O–H groups in total. The van der Waals surface area contributed by atoms with Gasteiger partial charge in [0.15, 0.2) is 5.58 Å². The fourth-order valence-electron chi connectivity index (χ4n) is 3.96. The summed E-state index contributed by atoms with van der Waals surface area (Å²) >= 11 is 0. The molecule has 34 heavy (non-hydrogen) atoms. The zero-order chi connectivity index (χ0) is 23.7. The van der Waals surface area contributed by atoms with Gasteiger partial charge >= 0.3 is 0 Å². The predicted molar refractivity (Wildman–Crippen MR) is 138 cm³/mol. The van der Waals surface area contributed by atoms with E-state index in [0.717, 1.165) is 39.0 Å². The van der Waals surface area contributed by atoms with E-state index in [-0.39, 0.29) is 5.91 Å². The Hall–Kier alpha value is -4.18. The van der Waals surface area contributed by atoms with E-state index >= 15 is 0 Å². The van der Waals surface area contributed by atoms with Gasteiger partial charge in [-0.3, -0.25) is 4.79 Å². The van der Waals surface area contributed by atoms with Crippen LogP contribution in [-0.2, 0) is 0 Å². The number of nitrogens with one attached hydrogen (secondary N) is 1. The lowest BCUT2D eigenvalue weighted by molar-refractivity contribution is 0.102. The second-order valence-electron chi connectivity index (χ2n) is 8.83. The van der Waals surface area contributed by atoms with Gasteiger partial charge < -0.3 is 9.73 Å². The molecule has 0 saturated heterocycles. The van der Waals surface area contributed by atoms with E-state index in [1.54, 1.807) is 0 Å². The van der Waals surface area contributed by atoms with Crippen LogP contribution in [-0.4, -0.2) is 10.9 Å². The van der Waals surface area contributed by atoms with Crippen LogP contribution < -0.4 is 5.32 Å². The van der Waals surface area contributed by atoms with Crippen LogP contribution in [0.3, 0.4) is 0 Å². The van der Waals surface area contributed by atoms with Crippen molar-refractivity contribution in [1.82, 2.24) is 4.98 Å². The Kier molecular flexibility index (Phi) is 5.72. The number of fused-ring (bicyclic) bond motifs is 1. The van der Waals surface area contributed by atoms with Crippen molar-refractivity contribution in [2.75, 3.05) is 5.32 Å². The number of carbonyl (C=O) groups excluding carboxylic acids is 1. The van der Waals surface area contributed by atoms with Crippen LogP contribution in [0.1, 0.15) is 41.3 Å². The van der Waals surface area contributed by atoms with Gasteiger partial charge in [-0.25, -0.2) is 4.98 Å². The molecule has 0 saturated carbocycles. The highest BCUT2D eigenvalue weighted by Crippen LogP contribution is 2.30. The molecule has 5 aromatic rings. The second kappa shape index (κ2) is 8.99. The van der Waals surface area contributed by atoms with Crippen LogP contribution in [0.4, 0.5) is 5.69 Å². The molecule has 0 aliphatic heterocycles. The monoisotopic (exact) mass is 446 g/mol. The molecule has 5 rings (SSSR count). The number of rotatable bonds is 5. The minimum atomic E-state index is -0.154. The van der Waals surface area contributed by atoms with E-state index in [4.69, 9.17) is 9.40 Å². The highest BCUT2D eigenvalue weighted by Gasteiger charge is 2.13. The highest BCUT2D eigenvalue weighted by molar-refractivity contribution is 6.05. The summed E-state index contributed by atoms with van der Waals surface area (Å²) in [7, 11) is 0. The number of carbonyl (C=O) groups is 1. The van der Waals surface area contributed by atoms with Crippen LogP contribution in [0.15, 0.2) is 95.4 Å². The molecule has 4 heteroatoms. The molecule has 0 aliphatic carbocycles. The van der Waals surface area contributed by atoms with Gasteiger partial charge in [-0.2, -0.15) is 0 Å². The standard InChI is InChI=1S/C30H26N2O2/c1-19(2)24-15-16-28-27(17-24)32-30(34-28)25-10-9-20(3)26(18-25)31-29(33)23-13-11-22(12-14-23)21-7-5-4-6-8-21/h4-19H,1-3H3,(H,31,33). The van der Waals surface area contributed by atoms with Crippen LogP contribution in [0.2, 0.25) is 0 Å². The Labute approximate surface area is 199 Å². The molecular weight excluding hydrogens is 420 g/mol. The predicted octanol–water partition coefficient (Wildman–Crippen LogP) is 7.85. The molecule has 0 bridgehead atoms. The van der Waals surface area contributed by atoms with Gasteiger partial charge in [-0.1, -0.05) is 68.4 Å². The summed E-state index contributed by atoms with van der Waals surface area (Å²) in [5.41, 5.74) is 8.15. The smallest absolute Gasteiger partial charge is 0.255 e. The van der Waals surface area contributed by atoms with Gasteiger partial charge in [0, 0.05) is 16.8 Å². The summed E-state index contributed by atoms with van der Waals surface area (Å²) < 4.78 is 6.00.